The lowest BCUT2D eigenvalue weighted by Gasteiger charge is -2.17. The molecule has 19 heavy (non-hydrogen) atoms. The van der Waals surface area contributed by atoms with E-state index in [0.717, 1.165) is 24.1 Å². The minimum Gasteiger partial charge on any atom is -0.313 e. The molecule has 100 valence electrons. The highest BCUT2D eigenvalue weighted by Gasteiger charge is 2.09. The van der Waals surface area contributed by atoms with Gasteiger partial charge in [-0.25, -0.2) is 0 Å². The average Bonchev–Trinajstić information content (AvgIpc) is 2.46. The Labute approximate surface area is 113 Å². The lowest BCUT2D eigenvalue weighted by atomic mass is 10.0. The van der Waals surface area contributed by atoms with Gasteiger partial charge in [-0.3, -0.25) is 9.36 Å². The van der Waals surface area contributed by atoms with Crippen LogP contribution < -0.4 is 10.9 Å². The smallest absolute Gasteiger partial charge is 0.255 e. The van der Waals surface area contributed by atoms with Crippen molar-refractivity contribution in [2.45, 2.75) is 25.8 Å². The first-order chi connectivity index (χ1) is 9.26. The standard InChI is InChI=1S/C16H20N2O/c1-3-7-15(17-2)13-10-11-16(19)18(12-13)14-8-5-4-6-9-14/h4-6,8-12,15,17H,3,7H2,1-2H3. The summed E-state index contributed by atoms with van der Waals surface area (Å²) >= 11 is 0. The van der Waals surface area contributed by atoms with Gasteiger partial charge < -0.3 is 5.32 Å². The van der Waals surface area contributed by atoms with Crippen molar-refractivity contribution in [2.24, 2.45) is 0 Å². The van der Waals surface area contributed by atoms with Crippen LogP contribution in [0.1, 0.15) is 31.4 Å². The first-order valence-corrected chi connectivity index (χ1v) is 6.71. The second-order valence-electron chi connectivity index (χ2n) is 4.64. The van der Waals surface area contributed by atoms with E-state index in [0.29, 0.717) is 6.04 Å². The van der Waals surface area contributed by atoms with Crippen molar-refractivity contribution in [1.29, 1.82) is 0 Å². The van der Waals surface area contributed by atoms with Crippen LogP contribution in [0.25, 0.3) is 5.69 Å². The highest BCUT2D eigenvalue weighted by atomic mass is 16.1. The average molecular weight is 256 g/mol. The van der Waals surface area contributed by atoms with Gasteiger partial charge in [0.25, 0.3) is 5.56 Å². The highest BCUT2D eigenvalue weighted by molar-refractivity contribution is 5.33. The van der Waals surface area contributed by atoms with Crippen LogP contribution in [0.15, 0.2) is 53.5 Å². The van der Waals surface area contributed by atoms with Crippen LogP contribution in [0.2, 0.25) is 0 Å². The van der Waals surface area contributed by atoms with Crippen molar-refractivity contribution >= 4 is 0 Å². The first-order valence-electron chi connectivity index (χ1n) is 6.71. The molecule has 1 atom stereocenters. The fourth-order valence-electron chi connectivity index (χ4n) is 2.27. The zero-order valence-corrected chi connectivity index (χ0v) is 11.5. The molecule has 0 saturated carbocycles. The molecule has 1 aromatic heterocycles. The van der Waals surface area contributed by atoms with Gasteiger partial charge in [0.05, 0.1) is 0 Å². The molecule has 0 amide bonds. The summed E-state index contributed by atoms with van der Waals surface area (Å²) in [7, 11) is 1.96. The van der Waals surface area contributed by atoms with Crippen LogP contribution >= 0.6 is 0 Å². The Morgan fingerprint density at radius 1 is 1.16 bits per heavy atom. The summed E-state index contributed by atoms with van der Waals surface area (Å²) < 4.78 is 1.70. The van der Waals surface area contributed by atoms with E-state index in [1.807, 2.05) is 49.6 Å². The van der Waals surface area contributed by atoms with Crippen molar-refractivity contribution in [3.63, 3.8) is 0 Å². The molecule has 3 nitrogen and oxygen atoms in total. The molecule has 2 aromatic rings. The summed E-state index contributed by atoms with van der Waals surface area (Å²) in [5, 5.41) is 3.30. The molecular weight excluding hydrogens is 236 g/mol. The zero-order valence-electron chi connectivity index (χ0n) is 11.5. The van der Waals surface area contributed by atoms with Gasteiger partial charge in [-0.05, 0) is 31.2 Å². The molecule has 0 spiro atoms. The SMILES string of the molecule is CCCC(NC)c1ccc(=O)n(-c2ccccc2)c1. The van der Waals surface area contributed by atoms with Crippen molar-refractivity contribution < 1.29 is 0 Å². The van der Waals surface area contributed by atoms with Crippen molar-refractivity contribution in [3.8, 4) is 5.69 Å². The molecule has 0 saturated heterocycles. The molecule has 0 aliphatic heterocycles. The Morgan fingerprint density at radius 2 is 1.89 bits per heavy atom. The van der Waals surface area contributed by atoms with Crippen LogP contribution in [0.5, 0.6) is 0 Å². The summed E-state index contributed by atoms with van der Waals surface area (Å²) in [5.74, 6) is 0. The van der Waals surface area contributed by atoms with E-state index >= 15 is 0 Å². The number of benzene rings is 1. The molecule has 0 aliphatic carbocycles. The molecule has 0 fully saturated rings. The Balaban J connectivity index is 2.43. The Hall–Kier alpha value is -1.87. The third kappa shape index (κ3) is 3.12. The molecule has 3 heteroatoms. The highest BCUT2D eigenvalue weighted by Crippen LogP contribution is 2.17. The summed E-state index contributed by atoms with van der Waals surface area (Å²) in [4.78, 5) is 12.0. The van der Waals surface area contributed by atoms with Gasteiger partial charge in [0.15, 0.2) is 0 Å². The predicted molar refractivity (Wildman–Crippen MR) is 78.7 cm³/mol. The topological polar surface area (TPSA) is 34.0 Å². The van der Waals surface area contributed by atoms with Crippen LogP contribution in [-0.4, -0.2) is 11.6 Å². The predicted octanol–water partition coefficient (Wildman–Crippen LogP) is 2.90. The van der Waals surface area contributed by atoms with Gasteiger partial charge in [-0.2, -0.15) is 0 Å². The second kappa shape index (κ2) is 6.34. The van der Waals surface area contributed by atoms with Crippen LogP contribution in [0.4, 0.5) is 0 Å². The van der Waals surface area contributed by atoms with E-state index in [-0.39, 0.29) is 5.56 Å². The number of hydrogen-bond donors (Lipinski definition) is 1. The summed E-state index contributed by atoms with van der Waals surface area (Å²) in [6.07, 6.45) is 4.11. The second-order valence-corrected chi connectivity index (χ2v) is 4.64. The molecule has 0 aliphatic rings. The maximum atomic E-state index is 12.0. The van der Waals surface area contributed by atoms with E-state index < -0.39 is 0 Å². The molecule has 0 bridgehead atoms. The van der Waals surface area contributed by atoms with Gasteiger partial charge in [0.2, 0.25) is 0 Å². The van der Waals surface area contributed by atoms with E-state index in [2.05, 4.69) is 12.2 Å². The number of nitrogens with zero attached hydrogens (tertiary/aromatic N) is 1. The minimum atomic E-state index is 0.00121. The number of nitrogens with one attached hydrogen (secondary N) is 1. The van der Waals surface area contributed by atoms with E-state index in [1.54, 1.807) is 10.6 Å². The molecule has 0 radical (unpaired) electrons. The van der Waals surface area contributed by atoms with E-state index in [9.17, 15) is 4.79 Å². The normalized spacial score (nSPS) is 12.3. The Kier molecular flexibility index (Phi) is 4.53. The van der Waals surface area contributed by atoms with Gasteiger partial charge in [-0.1, -0.05) is 37.6 Å². The molecule has 1 unspecified atom stereocenters. The quantitative estimate of drug-likeness (QED) is 0.892. The van der Waals surface area contributed by atoms with Crippen LogP contribution in [-0.2, 0) is 0 Å². The van der Waals surface area contributed by atoms with Gasteiger partial charge in [0.1, 0.15) is 0 Å². The Bertz CT molecular complexity index is 575. The van der Waals surface area contributed by atoms with Gasteiger partial charge in [0, 0.05) is 24.0 Å². The third-order valence-electron chi connectivity index (χ3n) is 3.30. The lowest BCUT2D eigenvalue weighted by molar-refractivity contribution is 0.538. The zero-order chi connectivity index (χ0) is 13.7. The van der Waals surface area contributed by atoms with Crippen molar-refractivity contribution in [2.75, 3.05) is 7.05 Å². The van der Waals surface area contributed by atoms with Gasteiger partial charge in [-0.15, -0.1) is 0 Å². The maximum Gasteiger partial charge on any atom is 0.255 e. The third-order valence-corrected chi connectivity index (χ3v) is 3.30. The molecule has 1 aromatic carbocycles. The maximum absolute atomic E-state index is 12.0. The van der Waals surface area contributed by atoms with Crippen LogP contribution in [0.3, 0.4) is 0 Å². The lowest BCUT2D eigenvalue weighted by Crippen LogP contribution is -2.22. The van der Waals surface area contributed by atoms with E-state index in [1.165, 1.54) is 0 Å². The fourth-order valence-corrected chi connectivity index (χ4v) is 2.27. The summed E-state index contributed by atoms with van der Waals surface area (Å²) in [6, 6.07) is 13.6. The van der Waals surface area contributed by atoms with Crippen molar-refractivity contribution in [1.82, 2.24) is 9.88 Å². The number of para-hydroxylation sites is 1. The molecule has 1 N–H and O–H groups in total. The van der Waals surface area contributed by atoms with Gasteiger partial charge >= 0.3 is 0 Å². The number of hydrogen-bond acceptors (Lipinski definition) is 2. The monoisotopic (exact) mass is 256 g/mol. The molecular formula is C16H20N2O. The fraction of sp³-hybridized carbons (Fsp3) is 0.312. The molecule has 2 rings (SSSR count). The summed E-state index contributed by atoms with van der Waals surface area (Å²) in [6.45, 7) is 2.16. The first kappa shape index (κ1) is 13.6. The number of aromatic nitrogens is 1. The minimum absolute atomic E-state index is 0.00121. The Morgan fingerprint density at radius 3 is 2.53 bits per heavy atom. The van der Waals surface area contributed by atoms with E-state index in [4.69, 9.17) is 0 Å². The van der Waals surface area contributed by atoms with Crippen LogP contribution in [0, 0.1) is 0 Å². The molecule has 1 heterocycles. The van der Waals surface area contributed by atoms with Crippen molar-refractivity contribution in [3.05, 3.63) is 64.6 Å². The number of rotatable bonds is 5. The number of pyridine rings is 1. The summed E-state index contributed by atoms with van der Waals surface area (Å²) in [5.41, 5.74) is 2.05. The largest absolute Gasteiger partial charge is 0.313 e.